The van der Waals surface area contributed by atoms with Crippen LogP contribution in [0, 0.1) is 0 Å². The van der Waals surface area contributed by atoms with Crippen molar-refractivity contribution in [3.05, 3.63) is 27.7 Å². The van der Waals surface area contributed by atoms with Gasteiger partial charge < -0.3 is 10.1 Å². The minimum atomic E-state index is 0.641. The molecule has 1 aromatic carbocycles. The zero-order valence-corrected chi connectivity index (χ0v) is 12.5. The second-order valence-corrected chi connectivity index (χ2v) is 5.20. The Bertz CT molecular complexity index is 333. The van der Waals surface area contributed by atoms with E-state index >= 15 is 0 Å². The summed E-state index contributed by atoms with van der Waals surface area (Å²) >= 11 is 9.40. The van der Waals surface area contributed by atoms with Gasteiger partial charge in [-0.05, 0) is 31.2 Å². The van der Waals surface area contributed by atoms with Crippen LogP contribution >= 0.6 is 27.5 Å². The van der Waals surface area contributed by atoms with E-state index < -0.39 is 0 Å². The van der Waals surface area contributed by atoms with Crippen LogP contribution in [0.25, 0.3) is 0 Å². The molecule has 17 heavy (non-hydrogen) atoms. The van der Waals surface area contributed by atoms with Crippen molar-refractivity contribution in [3.8, 4) is 5.75 Å². The highest BCUT2D eigenvalue weighted by Crippen LogP contribution is 2.27. The van der Waals surface area contributed by atoms with Crippen LogP contribution in [0.5, 0.6) is 5.75 Å². The molecule has 0 aliphatic rings. The van der Waals surface area contributed by atoms with E-state index in [0.29, 0.717) is 11.6 Å². The summed E-state index contributed by atoms with van der Waals surface area (Å²) in [4.78, 5) is 0. The third kappa shape index (κ3) is 6.29. The molecule has 0 saturated heterocycles. The lowest BCUT2D eigenvalue weighted by Crippen LogP contribution is -2.22. The number of unbranched alkanes of at least 4 members (excludes halogenated alkanes) is 2. The monoisotopic (exact) mass is 319 g/mol. The van der Waals surface area contributed by atoms with Gasteiger partial charge in [-0.2, -0.15) is 0 Å². The Kier molecular flexibility index (Phi) is 7.65. The number of benzene rings is 1. The van der Waals surface area contributed by atoms with E-state index in [1.54, 1.807) is 0 Å². The molecule has 0 radical (unpaired) electrons. The lowest BCUT2D eigenvalue weighted by atomic mass is 10.2. The van der Waals surface area contributed by atoms with Gasteiger partial charge >= 0.3 is 0 Å². The summed E-state index contributed by atoms with van der Waals surface area (Å²) in [6.07, 6.45) is 3.77. The molecule has 0 unspecified atom stereocenters. The van der Waals surface area contributed by atoms with E-state index in [1.165, 1.54) is 19.3 Å². The smallest absolute Gasteiger partial charge is 0.139 e. The number of halogens is 2. The van der Waals surface area contributed by atoms with Crippen molar-refractivity contribution < 1.29 is 4.74 Å². The van der Waals surface area contributed by atoms with Crippen LogP contribution in [0.15, 0.2) is 22.7 Å². The highest BCUT2D eigenvalue weighted by atomic mass is 79.9. The first kappa shape index (κ1) is 14.8. The minimum Gasteiger partial charge on any atom is -0.491 e. The largest absolute Gasteiger partial charge is 0.491 e. The second-order valence-electron chi connectivity index (χ2n) is 3.88. The van der Waals surface area contributed by atoms with Gasteiger partial charge in [0, 0.05) is 11.0 Å². The van der Waals surface area contributed by atoms with E-state index in [4.69, 9.17) is 16.3 Å². The number of hydrogen-bond donors (Lipinski definition) is 1. The van der Waals surface area contributed by atoms with Crippen LogP contribution in [0.1, 0.15) is 26.2 Å². The summed E-state index contributed by atoms with van der Waals surface area (Å²) in [6, 6.07) is 5.62. The number of ether oxygens (including phenoxy) is 1. The average Bonchev–Trinajstić information content (AvgIpc) is 2.32. The maximum absolute atomic E-state index is 6.01. The third-order valence-electron chi connectivity index (χ3n) is 2.39. The fourth-order valence-corrected chi connectivity index (χ4v) is 1.96. The van der Waals surface area contributed by atoms with Crippen molar-refractivity contribution in [2.24, 2.45) is 0 Å². The van der Waals surface area contributed by atoms with Crippen molar-refractivity contribution in [1.82, 2.24) is 5.32 Å². The standard InChI is InChI=1S/C13H19BrClNO/c1-2-3-4-7-16-8-9-17-13-10-11(14)5-6-12(13)15/h5-6,10,16H,2-4,7-9H2,1H3. The van der Waals surface area contributed by atoms with Gasteiger partial charge in [0.1, 0.15) is 12.4 Å². The van der Waals surface area contributed by atoms with Crippen LogP contribution in [0.4, 0.5) is 0 Å². The summed E-state index contributed by atoms with van der Waals surface area (Å²) < 4.78 is 6.58. The molecule has 2 nitrogen and oxygen atoms in total. The van der Waals surface area contributed by atoms with Gasteiger partial charge in [0.15, 0.2) is 0 Å². The second kappa shape index (κ2) is 8.78. The predicted molar refractivity (Wildman–Crippen MR) is 77.0 cm³/mol. The molecule has 1 rings (SSSR count). The fraction of sp³-hybridized carbons (Fsp3) is 0.538. The summed E-state index contributed by atoms with van der Waals surface area (Å²) in [5, 5.41) is 4.00. The van der Waals surface area contributed by atoms with Crippen molar-refractivity contribution in [2.45, 2.75) is 26.2 Å². The molecular formula is C13H19BrClNO. The van der Waals surface area contributed by atoms with Crippen molar-refractivity contribution in [1.29, 1.82) is 0 Å². The Balaban J connectivity index is 2.15. The van der Waals surface area contributed by atoms with Crippen molar-refractivity contribution >= 4 is 27.5 Å². The molecule has 0 aliphatic heterocycles. The van der Waals surface area contributed by atoms with E-state index in [0.717, 1.165) is 23.3 Å². The molecule has 0 bridgehead atoms. The van der Waals surface area contributed by atoms with Crippen LogP contribution < -0.4 is 10.1 Å². The van der Waals surface area contributed by atoms with E-state index in [-0.39, 0.29) is 0 Å². The molecule has 0 amide bonds. The van der Waals surface area contributed by atoms with Crippen LogP contribution in [0.2, 0.25) is 5.02 Å². The van der Waals surface area contributed by atoms with Gasteiger partial charge in [0.05, 0.1) is 5.02 Å². The molecular weight excluding hydrogens is 302 g/mol. The van der Waals surface area contributed by atoms with Crippen LogP contribution in [0.3, 0.4) is 0 Å². The maximum Gasteiger partial charge on any atom is 0.139 e. The van der Waals surface area contributed by atoms with Gasteiger partial charge in [-0.25, -0.2) is 0 Å². The summed E-state index contributed by atoms with van der Waals surface area (Å²) in [5.74, 6) is 0.733. The molecule has 1 aromatic rings. The third-order valence-corrected chi connectivity index (χ3v) is 3.19. The Morgan fingerprint density at radius 1 is 1.29 bits per heavy atom. The number of nitrogens with one attached hydrogen (secondary N) is 1. The van der Waals surface area contributed by atoms with Gasteiger partial charge in [0.25, 0.3) is 0 Å². The Labute approximate surface area is 117 Å². The molecule has 0 heterocycles. The molecule has 1 N–H and O–H groups in total. The van der Waals surface area contributed by atoms with E-state index in [9.17, 15) is 0 Å². The summed E-state index contributed by atoms with van der Waals surface area (Å²) in [7, 11) is 0. The molecule has 0 spiro atoms. The lowest BCUT2D eigenvalue weighted by molar-refractivity contribution is 0.313. The number of rotatable bonds is 8. The zero-order chi connectivity index (χ0) is 12.5. The SMILES string of the molecule is CCCCCNCCOc1cc(Br)ccc1Cl. The predicted octanol–water partition coefficient (Wildman–Crippen LogP) is 4.26. The molecule has 0 aromatic heterocycles. The molecule has 96 valence electrons. The first-order valence-electron chi connectivity index (χ1n) is 6.02. The van der Waals surface area contributed by atoms with E-state index in [2.05, 4.69) is 28.2 Å². The van der Waals surface area contributed by atoms with Crippen LogP contribution in [-0.2, 0) is 0 Å². The van der Waals surface area contributed by atoms with Gasteiger partial charge in [0.2, 0.25) is 0 Å². The van der Waals surface area contributed by atoms with Gasteiger partial charge in [-0.3, -0.25) is 0 Å². The normalized spacial score (nSPS) is 10.5. The zero-order valence-electron chi connectivity index (χ0n) is 10.1. The fourth-order valence-electron chi connectivity index (χ4n) is 1.45. The summed E-state index contributed by atoms with van der Waals surface area (Å²) in [5.41, 5.74) is 0. The first-order chi connectivity index (χ1) is 8.24. The highest BCUT2D eigenvalue weighted by molar-refractivity contribution is 9.10. The topological polar surface area (TPSA) is 21.3 Å². The highest BCUT2D eigenvalue weighted by Gasteiger charge is 2.01. The molecule has 0 saturated carbocycles. The van der Waals surface area contributed by atoms with Crippen molar-refractivity contribution in [3.63, 3.8) is 0 Å². The number of hydrogen-bond acceptors (Lipinski definition) is 2. The Morgan fingerprint density at radius 3 is 2.88 bits per heavy atom. The Hall–Kier alpha value is -0.250. The van der Waals surface area contributed by atoms with E-state index in [1.807, 2.05) is 18.2 Å². The summed E-state index contributed by atoms with van der Waals surface area (Å²) in [6.45, 7) is 4.76. The average molecular weight is 321 g/mol. The Morgan fingerprint density at radius 2 is 2.12 bits per heavy atom. The first-order valence-corrected chi connectivity index (χ1v) is 7.19. The van der Waals surface area contributed by atoms with Crippen molar-refractivity contribution in [2.75, 3.05) is 19.7 Å². The van der Waals surface area contributed by atoms with Gasteiger partial charge in [-0.15, -0.1) is 0 Å². The van der Waals surface area contributed by atoms with Crippen LogP contribution in [-0.4, -0.2) is 19.7 Å². The lowest BCUT2D eigenvalue weighted by Gasteiger charge is -2.09. The molecule has 0 atom stereocenters. The van der Waals surface area contributed by atoms with Gasteiger partial charge in [-0.1, -0.05) is 47.3 Å². The maximum atomic E-state index is 6.01. The molecule has 4 heteroatoms. The minimum absolute atomic E-state index is 0.641. The molecule has 0 aliphatic carbocycles. The molecule has 0 fully saturated rings. The quantitative estimate of drug-likeness (QED) is 0.723.